The Morgan fingerprint density at radius 2 is 2.18 bits per heavy atom. The van der Waals surface area contributed by atoms with Crippen molar-refractivity contribution in [3.8, 4) is 0 Å². The maximum atomic E-state index is 12.3. The van der Waals surface area contributed by atoms with E-state index in [0.717, 1.165) is 32.5 Å². The van der Waals surface area contributed by atoms with Gasteiger partial charge < -0.3 is 15.5 Å². The second-order valence-corrected chi connectivity index (χ2v) is 6.16. The average molecular weight is 241 g/mol. The van der Waals surface area contributed by atoms with Crippen LogP contribution >= 0.6 is 0 Å². The normalized spacial score (nSPS) is 22.5. The highest BCUT2D eigenvalue weighted by molar-refractivity contribution is 5.79. The van der Waals surface area contributed by atoms with Gasteiger partial charge in [0.2, 0.25) is 5.91 Å². The second-order valence-electron chi connectivity index (χ2n) is 6.16. The van der Waals surface area contributed by atoms with Crippen LogP contribution in [0.1, 0.15) is 26.7 Å². The molecule has 0 aliphatic carbocycles. The van der Waals surface area contributed by atoms with E-state index in [2.05, 4.69) is 25.8 Å². The summed E-state index contributed by atoms with van der Waals surface area (Å²) in [4.78, 5) is 16.4. The van der Waals surface area contributed by atoms with E-state index in [-0.39, 0.29) is 17.2 Å². The van der Waals surface area contributed by atoms with Gasteiger partial charge in [-0.3, -0.25) is 4.79 Å². The number of nitrogens with zero attached hydrogens (tertiary/aromatic N) is 2. The zero-order valence-electron chi connectivity index (χ0n) is 11.7. The van der Waals surface area contributed by atoms with E-state index >= 15 is 0 Å². The summed E-state index contributed by atoms with van der Waals surface area (Å²) in [6.45, 7) is 7.55. The molecular formula is C13H27N3O. The number of carbonyl (C=O) groups excluding carboxylic acids is 1. The van der Waals surface area contributed by atoms with Gasteiger partial charge in [-0.1, -0.05) is 13.8 Å². The molecule has 1 amide bonds. The van der Waals surface area contributed by atoms with Gasteiger partial charge in [0.05, 0.1) is 5.92 Å². The van der Waals surface area contributed by atoms with E-state index in [1.165, 1.54) is 0 Å². The molecule has 1 saturated heterocycles. The monoisotopic (exact) mass is 241 g/mol. The van der Waals surface area contributed by atoms with Gasteiger partial charge in [0.15, 0.2) is 0 Å². The Balaban J connectivity index is 2.51. The van der Waals surface area contributed by atoms with Crippen molar-refractivity contribution in [2.75, 3.05) is 40.3 Å². The van der Waals surface area contributed by atoms with E-state index in [1.54, 1.807) is 0 Å². The molecule has 1 unspecified atom stereocenters. The SMILES string of the molecule is CN1CCCC(C(=O)N(C)CC(C)(C)CN)C1. The minimum Gasteiger partial charge on any atom is -0.345 e. The molecular weight excluding hydrogens is 214 g/mol. The summed E-state index contributed by atoms with van der Waals surface area (Å²) in [6.07, 6.45) is 2.15. The lowest BCUT2D eigenvalue weighted by atomic mass is 9.91. The predicted octanol–water partition coefficient (Wildman–Crippen LogP) is 0.772. The number of hydrogen-bond acceptors (Lipinski definition) is 3. The van der Waals surface area contributed by atoms with Crippen LogP contribution in [0.25, 0.3) is 0 Å². The minimum atomic E-state index is 0.00494. The molecule has 4 heteroatoms. The fourth-order valence-corrected chi connectivity index (χ4v) is 2.46. The lowest BCUT2D eigenvalue weighted by Crippen LogP contribution is -2.46. The molecule has 0 spiro atoms. The largest absolute Gasteiger partial charge is 0.345 e. The van der Waals surface area contributed by atoms with Crippen LogP contribution in [0.3, 0.4) is 0 Å². The fourth-order valence-electron chi connectivity index (χ4n) is 2.46. The van der Waals surface area contributed by atoms with E-state index in [9.17, 15) is 4.79 Å². The second kappa shape index (κ2) is 5.83. The topological polar surface area (TPSA) is 49.6 Å². The lowest BCUT2D eigenvalue weighted by molar-refractivity contribution is -0.137. The van der Waals surface area contributed by atoms with Gasteiger partial charge in [-0.15, -0.1) is 0 Å². The first kappa shape index (κ1) is 14.5. The van der Waals surface area contributed by atoms with Gasteiger partial charge in [-0.05, 0) is 38.4 Å². The first-order valence-corrected chi connectivity index (χ1v) is 6.49. The number of likely N-dealkylation sites (tertiary alicyclic amines) is 1. The summed E-state index contributed by atoms with van der Waals surface area (Å²) < 4.78 is 0. The molecule has 1 heterocycles. The molecule has 17 heavy (non-hydrogen) atoms. The van der Waals surface area contributed by atoms with Gasteiger partial charge in [0.25, 0.3) is 0 Å². The fraction of sp³-hybridized carbons (Fsp3) is 0.923. The Morgan fingerprint density at radius 1 is 1.53 bits per heavy atom. The Labute approximate surface area is 105 Å². The molecule has 0 aromatic rings. The first-order valence-electron chi connectivity index (χ1n) is 6.49. The third-order valence-electron chi connectivity index (χ3n) is 3.57. The van der Waals surface area contributed by atoms with Crippen LogP contribution in [0.15, 0.2) is 0 Å². The van der Waals surface area contributed by atoms with Crippen LogP contribution in [0.2, 0.25) is 0 Å². The van der Waals surface area contributed by atoms with Gasteiger partial charge >= 0.3 is 0 Å². The number of rotatable bonds is 4. The van der Waals surface area contributed by atoms with Gasteiger partial charge in [-0.25, -0.2) is 0 Å². The smallest absolute Gasteiger partial charge is 0.226 e. The van der Waals surface area contributed by atoms with Crippen molar-refractivity contribution in [1.82, 2.24) is 9.80 Å². The molecule has 1 rings (SSSR count). The van der Waals surface area contributed by atoms with E-state index in [0.29, 0.717) is 6.54 Å². The van der Waals surface area contributed by atoms with Crippen LogP contribution < -0.4 is 5.73 Å². The van der Waals surface area contributed by atoms with Crippen molar-refractivity contribution in [3.05, 3.63) is 0 Å². The zero-order chi connectivity index (χ0) is 13.1. The van der Waals surface area contributed by atoms with Crippen molar-refractivity contribution >= 4 is 5.91 Å². The number of amides is 1. The van der Waals surface area contributed by atoms with Gasteiger partial charge in [0.1, 0.15) is 0 Å². The summed E-state index contributed by atoms with van der Waals surface area (Å²) in [5, 5.41) is 0. The van der Waals surface area contributed by atoms with E-state index in [4.69, 9.17) is 5.73 Å². The molecule has 0 aromatic heterocycles. The van der Waals surface area contributed by atoms with Crippen molar-refractivity contribution in [1.29, 1.82) is 0 Å². The molecule has 0 radical (unpaired) electrons. The van der Waals surface area contributed by atoms with Gasteiger partial charge in [0, 0.05) is 20.1 Å². The predicted molar refractivity (Wildman–Crippen MR) is 70.7 cm³/mol. The highest BCUT2D eigenvalue weighted by atomic mass is 16.2. The van der Waals surface area contributed by atoms with E-state index < -0.39 is 0 Å². The number of carbonyl (C=O) groups is 1. The maximum Gasteiger partial charge on any atom is 0.226 e. The van der Waals surface area contributed by atoms with E-state index in [1.807, 2.05) is 11.9 Å². The van der Waals surface area contributed by atoms with Crippen LogP contribution in [-0.2, 0) is 4.79 Å². The average Bonchev–Trinajstić information content (AvgIpc) is 2.27. The molecule has 2 N–H and O–H groups in total. The molecule has 1 atom stereocenters. The molecule has 4 nitrogen and oxygen atoms in total. The van der Waals surface area contributed by atoms with Crippen LogP contribution in [0, 0.1) is 11.3 Å². The molecule has 1 aliphatic rings. The first-order chi connectivity index (χ1) is 7.85. The maximum absolute atomic E-state index is 12.3. The molecule has 1 fully saturated rings. The molecule has 100 valence electrons. The Morgan fingerprint density at radius 3 is 2.71 bits per heavy atom. The third kappa shape index (κ3) is 4.28. The molecule has 1 aliphatic heterocycles. The van der Waals surface area contributed by atoms with Crippen molar-refractivity contribution < 1.29 is 4.79 Å². The standard InChI is InChI=1S/C13H27N3O/c1-13(2,9-14)10-16(4)12(17)11-6-5-7-15(3)8-11/h11H,5-10,14H2,1-4H3. The number of nitrogens with two attached hydrogens (primary N) is 1. The quantitative estimate of drug-likeness (QED) is 0.791. The zero-order valence-corrected chi connectivity index (χ0v) is 11.7. The summed E-state index contributed by atoms with van der Waals surface area (Å²) in [6, 6.07) is 0. The highest BCUT2D eigenvalue weighted by Crippen LogP contribution is 2.20. The van der Waals surface area contributed by atoms with Crippen molar-refractivity contribution in [2.45, 2.75) is 26.7 Å². The number of hydrogen-bond donors (Lipinski definition) is 1. The Hall–Kier alpha value is -0.610. The van der Waals surface area contributed by atoms with Crippen molar-refractivity contribution in [3.63, 3.8) is 0 Å². The Kier molecular flexibility index (Phi) is 4.95. The summed E-state index contributed by atoms with van der Waals surface area (Å²) >= 11 is 0. The summed E-state index contributed by atoms with van der Waals surface area (Å²) in [5.74, 6) is 0.449. The highest BCUT2D eigenvalue weighted by Gasteiger charge is 2.28. The number of piperidine rings is 1. The molecule has 0 bridgehead atoms. The molecule has 0 aromatic carbocycles. The third-order valence-corrected chi connectivity index (χ3v) is 3.57. The summed E-state index contributed by atoms with van der Waals surface area (Å²) in [7, 11) is 3.98. The lowest BCUT2D eigenvalue weighted by Gasteiger charge is -2.34. The van der Waals surface area contributed by atoms with Crippen molar-refractivity contribution in [2.24, 2.45) is 17.1 Å². The Bertz CT molecular complexity index is 265. The minimum absolute atomic E-state index is 0.00494. The molecule has 0 saturated carbocycles. The van der Waals surface area contributed by atoms with Crippen LogP contribution in [-0.4, -0.2) is 56.0 Å². The van der Waals surface area contributed by atoms with Gasteiger partial charge in [-0.2, -0.15) is 0 Å². The van der Waals surface area contributed by atoms with Crippen LogP contribution in [0.4, 0.5) is 0 Å². The summed E-state index contributed by atoms with van der Waals surface area (Å²) in [5.41, 5.74) is 5.71. The van der Waals surface area contributed by atoms with Crippen LogP contribution in [0.5, 0.6) is 0 Å².